The van der Waals surface area contributed by atoms with Crippen LogP contribution in [0.1, 0.15) is 20.7 Å². The zero-order valence-corrected chi connectivity index (χ0v) is 9.76. The van der Waals surface area contributed by atoms with Crippen LogP contribution in [0.25, 0.3) is 5.32 Å². The van der Waals surface area contributed by atoms with Gasteiger partial charge in [-0.2, -0.15) is 0 Å². The summed E-state index contributed by atoms with van der Waals surface area (Å²) >= 11 is 0. The molecule has 7 heteroatoms. The molecule has 1 heterocycles. The molecule has 0 saturated heterocycles. The van der Waals surface area contributed by atoms with Crippen molar-refractivity contribution in [3.8, 4) is 0 Å². The quantitative estimate of drug-likeness (QED) is 0.240. The summed E-state index contributed by atoms with van der Waals surface area (Å²) in [5.74, 6) is -1.55. The molecule has 0 radical (unpaired) electrons. The fraction of sp³-hybridized carbons (Fsp3) is 0. The number of hydrogen-bond donors (Lipinski definition) is 0. The molecule has 1 aromatic rings. The van der Waals surface area contributed by atoms with Crippen LogP contribution in [0.5, 0.6) is 0 Å². The van der Waals surface area contributed by atoms with Gasteiger partial charge in [-0.1, -0.05) is 12.1 Å². The van der Waals surface area contributed by atoms with Crippen LogP contribution in [0.15, 0.2) is 18.2 Å². The van der Waals surface area contributed by atoms with Crippen molar-refractivity contribution in [3.05, 3.63) is 44.8 Å². The molecular weight excluding hydrogens is 211 g/mol. The normalized spacial score (nSPS) is 12.8. The number of fused-ring (bicyclic) bond motifs is 1. The summed E-state index contributed by atoms with van der Waals surface area (Å²) < 4.78 is 0. The molecule has 1 aliphatic heterocycles. The maximum absolute atomic E-state index is 11.1. The fourth-order valence-corrected chi connectivity index (χ4v) is 1.30. The number of nitrogens with zero attached hydrogens (tertiary/aromatic N) is 2. The monoisotopic (exact) mass is 214 g/mol. The molecule has 6 nitrogen and oxygen atoms in total. The number of amides is 2. The van der Waals surface area contributed by atoms with Crippen LogP contribution >= 0.6 is 0 Å². The van der Waals surface area contributed by atoms with E-state index in [4.69, 9.17) is 0 Å². The summed E-state index contributed by atoms with van der Waals surface area (Å²) in [6, 6.07) is 3.87. The largest absolute Gasteiger partial charge is 1.00 e. The molecular formula is C8H3N2NaO4. The fourth-order valence-electron chi connectivity index (χ4n) is 1.30. The molecule has 0 fully saturated rings. The Hall–Kier alpha value is -1.24. The van der Waals surface area contributed by atoms with Crippen molar-refractivity contribution >= 4 is 17.5 Å². The summed E-state index contributed by atoms with van der Waals surface area (Å²) in [6.07, 6.45) is 0. The van der Waals surface area contributed by atoms with Gasteiger partial charge in [-0.25, -0.2) is 0 Å². The summed E-state index contributed by atoms with van der Waals surface area (Å²) in [7, 11) is 0. The summed E-state index contributed by atoms with van der Waals surface area (Å²) in [5, 5.41) is 13.6. The summed E-state index contributed by atoms with van der Waals surface area (Å²) in [4.78, 5) is 32.0. The molecule has 0 bridgehead atoms. The molecule has 70 valence electrons. The third kappa shape index (κ3) is 1.79. The van der Waals surface area contributed by atoms with E-state index >= 15 is 0 Å². The maximum Gasteiger partial charge on any atom is 1.00 e. The number of nitro benzene ring substituents is 1. The van der Waals surface area contributed by atoms with E-state index in [1.165, 1.54) is 18.2 Å². The average molecular weight is 214 g/mol. The van der Waals surface area contributed by atoms with E-state index in [-0.39, 0.29) is 46.4 Å². The van der Waals surface area contributed by atoms with E-state index in [0.717, 1.165) is 0 Å². The number of carbonyl (C=O) groups is 2. The van der Waals surface area contributed by atoms with Gasteiger partial charge in [0.15, 0.2) is 0 Å². The van der Waals surface area contributed by atoms with E-state index in [1.807, 2.05) is 0 Å². The van der Waals surface area contributed by atoms with E-state index in [9.17, 15) is 19.7 Å². The van der Waals surface area contributed by atoms with Crippen molar-refractivity contribution in [2.45, 2.75) is 0 Å². The van der Waals surface area contributed by atoms with Gasteiger partial charge in [-0.15, -0.1) is 0 Å². The van der Waals surface area contributed by atoms with E-state index in [1.54, 1.807) is 0 Å². The molecule has 2 amide bonds. The SMILES string of the molecule is O=C1[N-]C(=O)c2c1cccc2[N+](=O)[O-].[Na+]. The van der Waals surface area contributed by atoms with Crippen LogP contribution in [0.2, 0.25) is 0 Å². The molecule has 0 aromatic heterocycles. The van der Waals surface area contributed by atoms with Crippen molar-refractivity contribution in [2.75, 3.05) is 0 Å². The van der Waals surface area contributed by atoms with Gasteiger partial charge in [0.2, 0.25) is 0 Å². The molecule has 1 aliphatic rings. The maximum atomic E-state index is 11.1. The van der Waals surface area contributed by atoms with Gasteiger partial charge in [-0.05, 0) is 0 Å². The molecule has 0 aliphatic carbocycles. The number of carbonyl (C=O) groups excluding carboxylic acids is 2. The van der Waals surface area contributed by atoms with Crippen LogP contribution in [0.4, 0.5) is 5.69 Å². The first-order valence-electron chi connectivity index (χ1n) is 3.69. The van der Waals surface area contributed by atoms with E-state index in [2.05, 4.69) is 5.32 Å². The molecule has 15 heavy (non-hydrogen) atoms. The predicted molar refractivity (Wildman–Crippen MR) is 45.1 cm³/mol. The molecule has 0 spiro atoms. The van der Waals surface area contributed by atoms with Gasteiger partial charge in [0, 0.05) is 11.6 Å². The first-order chi connectivity index (χ1) is 6.61. The second-order valence-corrected chi connectivity index (χ2v) is 2.68. The molecule has 0 atom stereocenters. The third-order valence-corrected chi connectivity index (χ3v) is 1.89. The van der Waals surface area contributed by atoms with Gasteiger partial charge in [0.05, 0.1) is 22.3 Å². The Kier molecular flexibility index (Phi) is 3.23. The van der Waals surface area contributed by atoms with Crippen LogP contribution in [-0.4, -0.2) is 16.7 Å². The second-order valence-electron chi connectivity index (χ2n) is 2.68. The van der Waals surface area contributed by atoms with Gasteiger partial charge in [0.1, 0.15) is 0 Å². The Morgan fingerprint density at radius 1 is 1.20 bits per heavy atom. The smallest absolute Gasteiger partial charge is 0.587 e. The Labute approximate surface area is 106 Å². The molecule has 0 N–H and O–H groups in total. The first-order valence-corrected chi connectivity index (χ1v) is 3.69. The van der Waals surface area contributed by atoms with Gasteiger partial charge in [-0.3, -0.25) is 10.1 Å². The number of imide groups is 1. The molecule has 2 rings (SSSR count). The van der Waals surface area contributed by atoms with Gasteiger partial charge < -0.3 is 14.9 Å². The van der Waals surface area contributed by atoms with E-state index in [0.29, 0.717) is 0 Å². The zero-order chi connectivity index (χ0) is 10.3. The van der Waals surface area contributed by atoms with Crippen LogP contribution < -0.4 is 29.6 Å². The van der Waals surface area contributed by atoms with Crippen molar-refractivity contribution < 1.29 is 44.1 Å². The van der Waals surface area contributed by atoms with Crippen molar-refractivity contribution in [1.82, 2.24) is 0 Å². The van der Waals surface area contributed by atoms with Crippen LogP contribution in [-0.2, 0) is 0 Å². The van der Waals surface area contributed by atoms with Gasteiger partial charge >= 0.3 is 29.6 Å². The van der Waals surface area contributed by atoms with Crippen molar-refractivity contribution in [1.29, 1.82) is 0 Å². The van der Waals surface area contributed by atoms with E-state index < -0.39 is 16.7 Å². The number of nitro groups is 1. The first kappa shape index (κ1) is 11.8. The Morgan fingerprint density at radius 3 is 2.47 bits per heavy atom. The number of hydrogen-bond acceptors (Lipinski definition) is 4. The van der Waals surface area contributed by atoms with Crippen LogP contribution in [0.3, 0.4) is 0 Å². The standard InChI is InChI=1S/C8H4N2O4.Na/c11-7-4-2-1-3-5(10(13)14)6(4)8(12)9-7;/h1-3H,(H,9,11,12);/q;+1/p-1. The molecule has 0 saturated carbocycles. The number of rotatable bonds is 1. The third-order valence-electron chi connectivity index (χ3n) is 1.89. The average Bonchev–Trinajstić information content (AvgIpc) is 2.43. The minimum absolute atomic E-state index is 0. The molecule has 1 aromatic carbocycles. The molecule has 0 unspecified atom stereocenters. The minimum Gasteiger partial charge on any atom is -0.587 e. The van der Waals surface area contributed by atoms with Crippen molar-refractivity contribution in [2.24, 2.45) is 0 Å². The Bertz CT molecular complexity index is 472. The second kappa shape index (κ2) is 4.09. The topological polar surface area (TPSA) is 91.4 Å². The Morgan fingerprint density at radius 2 is 1.87 bits per heavy atom. The minimum atomic E-state index is -0.836. The van der Waals surface area contributed by atoms with Gasteiger partial charge in [0.25, 0.3) is 5.69 Å². The Balaban J connectivity index is 0.00000112. The van der Waals surface area contributed by atoms with Crippen molar-refractivity contribution in [3.63, 3.8) is 0 Å². The number of benzene rings is 1. The zero-order valence-electron chi connectivity index (χ0n) is 7.76. The summed E-state index contributed by atoms with van der Waals surface area (Å²) in [5.41, 5.74) is -0.575. The summed E-state index contributed by atoms with van der Waals surface area (Å²) in [6.45, 7) is 0. The predicted octanol–water partition coefficient (Wildman–Crippen LogP) is -1.73. The van der Waals surface area contributed by atoms with Crippen LogP contribution in [0, 0.1) is 10.1 Å².